The van der Waals surface area contributed by atoms with Crippen LogP contribution in [0.5, 0.6) is 0 Å². The molecule has 2 heteroatoms. The molecule has 0 aromatic carbocycles. The zero-order valence-electron chi connectivity index (χ0n) is 11.7. The SMILES string of the molecule is CCNCCC(C)N1CCC(CC)(CC)C1. The van der Waals surface area contributed by atoms with Crippen LogP contribution in [0.3, 0.4) is 0 Å². The molecule has 0 radical (unpaired) electrons. The maximum absolute atomic E-state index is 3.42. The first-order valence-electron chi connectivity index (χ1n) is 7.12. The molecule has 1 heterocycles. The lowest BCUT2D eigenvalue weighted by molar-refractivity contribution is 0.196. The summed E-state index contributed by atoms with van der Waals surface area (Å²) in [5, 5.41) is 3.42. The number of hydrogen-bond acceptors (Lipinski definition) is 2. The van der Waals surface area contributed by atoms with Gasteiger partial charge in [0, 0.05) is 12.6 Å². The van der Waals surface area contributed by atoms with E-state index < -0.39 is 0 Å². The highest BCUT2D eigenvalue weighted by molar-refractivity contribution is 4.89. The Bertz CT molecular complexity index is 187. The maximum atomic E-state index is 3.42. The standard InChI is InChI=1S/C14H30N2/c1-5-14(6-2)9-11-16(12-14)13(4)8-10-15-7-3/h13,15H,5-12H2,1-4H3. The third kappa shape index (κ3) is 3.46. The van der Waals surface area contributed by atoms with E-state index in [2.05, 4.69) is 37.9 Å². The van der Waals surface area contributed by atoms with Crippen molar-refractivity contribution in [2.45, 2.75) is 59.4 Å². The number of rotatable bonds is 7. The molecule has 1 unspecified atom stereocenters. The van der Waals surface area contributed by atoms with Crippen molar-refractivity contribution in [3.63, 3.8) is 0 Å². The Morgan fingerprint density at radius 1 is 1.25 bits per heavy atom. The summed E-state index contributed by atoms with van der Waals surface area (Å²) in [6.07, 6.45) is 5.39. The zero-order chi connectivity index (χ0) is 12.0. The summed E-state index contributed by atoms with van der Waals surface area (Å²) in [6.45, 7) is 14.2. The number of likely N-dealkylation sites (tertiary alicyclic amines) is 1. The molecule has 0 aliphatic carbocycles. The molecular formula is C14H30N2. The first-order chi connectivity index (χ1) is 7.67. The summed E-state index contributed by atoms with van der Waals surface area (Å²) in [5.74, 6) is 0. The largest absolute Gasteiger partial charge is 0.317 e. The van der Waals surface area contributed by atoms with Gasteiger partial charge in [-0.15, -0.1) is 0 Å². The van der Waals surface area contributed by atoms with E-state index in [9.17, 15) is 0 Å². The fourth-order valence-electron chi connectivity index (χ4n) is 2.84. The monoisotopic (exact) mass is 226 g/mol. The van der Waals surface area contributed by atoms with Crippen molar-refractivity contribution in [2.75, 3.05) is 26.2 Å². The Morgan fingerprint density at radius 2 is 1.94 bits per heavy atom. The van der Waals surface area contributed by atoms with Gasteiger partial charge in [0.1, 0.15) is 0 Å². The normalized spacial score (nSPS) is 22.5. The first kappa shape index (κ1) is 14.0. The molecule has 1 N–H and O–H groups in total. The fourth-order valence-corrected chi connectivity index (χ4v) is 2.84. The van der Waals surface area contributed by atoms with E-state index in [1.807, 2.05) is 0 Å². The average molecular weight is 226 g/mol. The highest BCUT2D eigenvalue weighted by Crippen LogP contribution is 2.37. The van der Waals surface area contributed by atoms with Crippen LogP contribution in [0.1, 0.15) is 53.4 Å². The van der Waals surface area contributed by atoms with Crippen LogP contribution in [0.2, 0.25) is 0 Å². The van der Waals surface area contributed by atoms with Crippen LogP contribution in [-0.4, -0.2) is 37.1 Å². The van der Waals surface area contributed by atoms with E-state index in [1.165, 1.54) is 45.3 Å². The lowest BCUT2D eigenvalue weighted by Gasteiger charge is -2.29. The summed E-state index contributed by atoms with van der Waals surface area (Å²) < 4.78 is 0. The molecule has 0 amide bonds. The van der Waals surface area contributed by atoms with Gasteiger partial charge in [0.05, 0.1) is 0 Å². The van der Waals surface area contributed by atoms with Crippen LogP contribution in [0.15, 0.2) is 0 Å². The summed E-state index contributed by atoms with van der Waals surface area (Å²) in [5.41, 5.74) is 0.631. The van der Waals surface area contributed by atoms with Gasteiger partial charge < -0.3 is 10.2 Å². The van der Waals surface area contributed by atoms with Gasteiger partial charge in [-0.25, -0.2) is 0 Å². The van der Waals surface area contributed by atoms with E-state index in [0.29, 0.717) is 5.41 Å². The molecule has 0 spiro atoms. The molecule has 96 valence electrons. The first-order valence-corrected chi connectivity index (χ1v) is 7.12. The van der Waals surface area contributed by atoms with Gasteiger partial charge in [-0.1, -0.05) is 20.8 Å². The highest BCUT2D eigenvalue weighted by atomic mass is 15.2. The molecule has 0 bridgehead atoms. The molecule has 1 saturated heterocycles. The van der Waals surface area contributed by atoms with Crippen molar-refractivity contribution in [3.8, 4) is 0 Å². The molecule has 1 aliphatic rings. The number of hydrogen-bond donors (Lipinski definition) is 1. The van der Waals surface area contributed by atoms with Crippen LogP contribution in [0.4, 0.5) is 0 Å². The topological polar surface area (TPSA) is 15.3 Å². The quantitative estimate of drug-likeness (QED) is 0.672. The van der Waals surface area contributed by atoms with Gasteiger partial charge in [0.15, 0.2) is 0 Å². The molecule has 0 aromatic heterocycles. The predicted molar refractivity (Wildman–Crippen MR) is 71.8 cm³/mol. The fraction of sp³-hybridized carbons (Fsp3) is 1.00. The van der Waals surface area contributed by atoms with Crippen molar-refractivity contribution in [3.05, 3.63) is 0 Å². The van der Waals surface area contributed by atoms with Crippen LogP contribution in [-0.2, 0) is 0 Å². The second kappa shape index (κ2) is 6.61. The minimum atomic E-state index is 0.631. The third-order valence-electron chi connectivity index (χ3n) is 4.58. The Hall–Kier alpha value is -0.0800. The van der Waals surface area contributed by atoms with Crippen molar-refractivity contribution >= 4 is 0 Å². The molecular weight excluding hydrogens is 196 g/mol. The molecule has 1 rings (SSSR count). The van der Waals surface area contributed by atoms with Crippen molar-refractivity contribution in [1.82, 2.24) is 10.2 Å². The van der Waals surface area contributed by atoms with Crippen LogP contribution >= 0.6 is 0 Å². The second-order valence-corrected chi connectivity index (χ2v) is 5.42. The Morgan fingerprint density at radius 3 is 2.44 bits per heavy atom. The lowest BCUT2D eigenvalue weighted by atomic mass is 9.82. The highest BCUT2D eigenvalue weighted by Gasteiger charge is 2.36. The summed E-state index contributed by atoms with van der Waals surface area (Å²) >= 11 is 0. The molecule has 1 atom stereocenters. The van der Waals surface area contributed by atoms with E-state index in [0.717, 1.165) is 12.6 Å². The Balaban J connectivity index is 2.34. The van der Waals surface area contributed by atoms with Gasteiger partial charge >= 0.3 is 0 Å². The minimum Gasteiger partial charge on any atom is -0.317 e. The van der Waals surface area contributed by atoms with Crippen molar-refractivity contribution in [1.29, 1.82) is 0 Å². The average Bonchev–Trinajstić information content (AvgIpc) is 2.74. The summed E-state index contributed by atoms with van der Waals surface area (Å²) in [6, 6.07) is 0.749. The van der Waals surface area contributed by atoms with E-state index in [1.54, 1.807) is 0 Å². The molecule has 2 nitrogen and oxygen atoms in total. The van der Waals surface area contributed by atoms with Gasteiger partial charge in [0.2, 0.25) is 0 Å². The lowest BCUT2D eigenvalue weighted by Crippen LogP contribution is -2.35. The van der Waals surface area contributed by atoms with Gasteiger partial charge in [-0.3, -0.25) is 0 Å². The number of nitrogens with one attached hydrogen (secondary N) is 1. The molecule has 0 aromatic rings. The van der Waals surface area contributed by atoms with E-state index in [-0.39, 0.29) is 0 Å². The minimum absolute atomic E-state index is 0.631. The van der Waals surface area contributed by atoms with Crippen molar-refractivity contribution in [2.24, 2.45) is 5.41 Å². The molecule has 0 saturated carbocycles. The zero-order valence-corrected chi connectivity index (χ0v) is 11.7. The number of nitrogens with zero attached hydrogens (tertiary/aromatic N) is 1. The van der Waals surface area contributed by atoms with Crippen molar-refractivity contribution < 1.29 is 0 Å². The molecule has 16 heavy (non-hydrogen) atoms. The Labute approximate surface area is 102 Å². The van der Waals surface area contributed by atoms with Gasteiger partial charge in [-0.2, -0.15) is 0 Å². The second-order valence-electron chi connectivity index (χ2n) is 5.42. The van der Waals surface area contributed by atoms with Crippen LogP contribution in [0.25, 0.3) is 0 Å². The Kier molecular flexibility index (Phi) is 5.77. The third-order valence-corrected chi connectivity index (χ3v) is 4.58. The van der Waals surface area contributed by atoms with Gasteiger partial charge in [0.25, 0.3) is 0 Å². The molecule has 1 aliphatic heterocycles. The maximum Gasteiger partial charge on any atom is 0.00792 e. The smallest absolute Gasteiger partial charge is 0.00792 e. The predicted octanol–water partition coefficient (Wildman–Crippen LogP) is 2.89. The summed E-state index contributed by atoms with van der Waals surface area (Å²) in [4.78, 5) is 2.70. The van der Waals surface area contributed by atoms with E-state index >= 15 is 0 Å². The summed E-state index contributed by atoms with van der Waals surface area (Å²) in [7, 11) is 0. The molecule has 1 fully saturated rings. The van der Waals surface area contributed by atoms with Crippen LogP contribution in [0, 0.1) is 5.41 Å². The van der Waals surface area contributed by atoms with Gasteiger partial charge in [-0.05, 0) is 57.7 Å². The van der Waals surface area contributed by atoms with E-state index in [4.69, 9.17) is 0 Å². The van der Waals surface area contributed by atoms with Crippen LogP contribution < -0.4 is 5.32 Å².